The standard InChI is InChI=1S/C18H27N5OS/c1-4-15-14(9-21-23(15)11-12(2)3)17(24)22-18-20-10-16(25-18)13-5-7-19-8-6-13/h9-10,12-13,19H,4-8,11H2,1-3H3,(H,20,22,24). The molecule has 0 bridgehead atoms. The molecular weight excluding hydrogens is 334 g/mol. The highest BCUT2D eigenvalue weighted by molar-refractivity contribution is 7.15. The smallest absolute Gasteiger partial charge is 0.260 e. The van der Waals surface area contributed by atoms with Gasteiger partial charge in [-0.1, -0.05) is 20.8 Å². The van der Waals surface area contributed by atoms with Crippen molar-refractivity contribution < 1.29 is 4.79 Å². The van der Waals surface area contributed by atoms with E-state index in [9.17, 15) is 4.79 Å². The Morgan fingerprint density at radius 1 is 1.40 bits per heavy atom. The number of aromatic nitrogens is 3. The van der Waals surface area contributed by atoms with Gasteiger partial charge in [-0.3, -0.25) is 14.8 Å². The maximum atomic E-state index is 12.7. The van der Waals surface area contributed by atoms with Gasteiger partial charge in [-0.2, -0.15) is 5.10 Å². The average Bonchev–Trinajstić information content (AvgIpc) is 3.22. The molecule has 3 rings (SSSR count). The van der Waals surface area contributed by atoms with Crippen LogP contribution in [-0.4, -0.2) is 33.8 Å². The van der Waals surface area contributed by atoms with Crippen molar-refractivity contribution in [3.63, 3.8) is 0 Å². The van der Waals surface area contributed by atoms with Crippen molar-refractivity contribution in [2.45, 2.75) is 52.5 Å². The largest absolute Gasteiger partial charge is 0.317 e. The number of nitrogens with one attached hydrogen (secondary N) is 2. The first-order chi connectivity index (χ1) is 12.1. The van der Waals surface area contributed by atoms with Gasteiger partial charge in [0.25, 0.3) is 5.91 Å². The third-order valence-corrected chi connectivity index (χ3v) is 5.63. The zero-order valence-electron chi connectivity index (χ0n) is 15.2. The minimum atomic E-state index is -0.113. The van der Waals surface area contributed by atoms with Crippen molar-refractivity contribution in [3.8, 4) is 0 Å². The normalized spacial score (nSPS) is 15.7. The Bertz CT molecular complexity index is 715. The van der Waals surface area contributed by atoms with Crippen LogP contribution in [0.1, 0.15) is 60.5 Å². The Morgan fingerprint density at radius 2 is 2.16 bits per heavy atom. The first-order valence-corrected chi connectivity index (χ1v) is 9.92. The van der Waals surface area contributed by atoms with E-state index in [0.29, 0.717) is 22.5 Å². The third kappa shape index (κ3) is 4.27. The van der Waals surface area contributed by atoms with Crippen molar-refractivity contribution in [1.82, 2.24) is 20.1 Å². The van der Waals surface area contributed by atoms with Crippen LogP contribution in [0.4, 0.5) is 5.13 Å². The molecule has 1 aliphatic rings. The molecule has 1 saturated heterocycles. The Kier molecular flexibility index (Phi) is 5.86. The second-order valence-corrected chi connectivity index (χ2v) is 8.04. The minimum Gasteiger partial charge on any atom is -0.317 e. The summed E-state index contributed by atoms with van der Waals surface area (Å²) in [6.45, 7) is 9.30. The number of carbonyl (C=O) groups excluding carboxylic acids is 1. The average molecular weight is 362 g/mol. The van der Waals surface area contributed by atoms with Crippen LogP contribution in [-0.2, 0) is 13.0 Å². The van der Waals surface area contributed by atoms with Gasteiger partial charge in [-0.25, -0.2) is 4.98 Å². The Labute approximate surface area is 153 Å². The molecule has 0 atom stereocenters. The lowest BCUT2D eigenvalue weighted by Gasteiger charge is -2.20. The molecule has 25 heavy (non-hydrogen) atoms. The lowest BCUT2D eigenvalue weighted by atomic mass is 9.97. The van der Waals surface area contributed by atoms with Gasteiger partial charge in [-0.05, 0) is 44.2 Å². The highest BCUT2D eigenvalue weighted by atomic mass is 32.1. The number of rotatable bonds is 6. The molecule has 6 nitrogen and oxygen atoms in total. The van der Waals surface area contributed by atoms with Crippen molar-refractivity contribution in [1.29, 1.82) is 0 Å². The van der Waals surface area contributed by atoms with Crippen molar-refractivity contribution in [2.75, 3.05) is 18.4 Å². The minimum absolute atomic E-state index is 0.113. The summed E-state index contributed by atoms with van der Waals surface area (Å²) < 4.78 is 1.95. The van der Waals surface area contributed by atoms with E-state index in [1.807, 2.05) is 10.9 Å². The third-order valence-electron chi connectivity index (χ3n) is 4.55. The van der Waals surface area contributed by atoms with Crippen LogP contribution >= 0.6 is 11.3 Å². The van der Waals surface area contributed by atoms with Crippen LogP contribution in [0, 0.1) is 5.92 Å². The lowest BCUT2D eigenvalue weighted by molar-refractivity contribution is 0.102. The Hall–Kier alpha value is -1.73. The molecule has 136 valence electrons. The summed E-state index contributed by atoms with van der Waals surface area (Å²) in [4.78, 5) is 18.3. The fourth-order valence-corrected chi connectivity index (χ4v) is 4.26. The molecule has 0 radical (unpaired) electrons. The van der Waals surface area contributed by atoms with Gasteiger partial charge in [0.05, 0.1) is 17.5 Å². The van der Waals surface area contributed by atoms with Crippen LogP contribution in [0.2, 0.25) is 0 Å². The molecule has 0 unspecified atom stereocenters. The number of nitrogens with zero attached hydrogens (tertiary/aromatic N) is 3. The van der Waals surface area contributed by atoms with E-state index in [4.69, 9.17) is 0 Å². The van der Waals surface area contributed by atoms with Gasteiger partial charge in [0, 0.05) is 17.6 Å². The number of thiazole rings is 1. The molecule has 0 spiro atoms. The van der Waals surface area contributed by atoms with Gasteiger partial charge in [-0.15, -0.1) is 11.3 Å². The van der Waals surface area contributed by atoms with E-state index in [1.54, 1.807) is 17.5 Å². The molecule has 1 amide bonds. The molecule has 3 heterocycles. The molecule has 1 aliphatic heterocycles. The number of piperidine rings is 1. The number of amides is 1. The summed E-state index contributed by atoms with van der Waals surface area (Å²) in [7, 11) is 0. The van der Waals surface area contributed by atoms with Crippen LogP contribution in [0.3, 0.4) is 0 Å². The summed E-state index contributed by atoms with van der Waals surface area (Å²) in [5.74, 6) is 0.940. The Balaban J connectivity index is 1.70. The van der Waals surface area contributed by atoms with Crippen LogP contribution < -0.4 is 10.6 Å². The van der Waals surface area contributed by atoms with E-state index in [-0.39, 0.29) is 5.91 Å². The first-order valence-electron chi connectivity index (χ1n) is 9.11. The molecule has 0 aromatic carbocycles. The molecule has 2 N–H and O–H groups in total. The van der Waals surface area contributed by atoms with Gasteiger partial charge in [0.1, 0.15) is 0 Å². The summed E-state index contributed by atoms with van der Waals surface area (Å²) in [5, 5.41) is 11.4. The highest BCUT2D eigenvalue weighted by Crippen LogP contribution is 2.31. The van der Waals surface area contributed by atoms with Crippen LogP contribution in [0.15, 0.2) is 12.4 Å². The molecular formula is C18H27N5OS. The van der Waals surface area contributed by atoms with Crippen LogP contribution in [0.5, 0.6) is 0 Å². The van der Waals surface area contributed by atoms with E-state index in [0.717, 1.165) is 44.6 Å². The maximum Gasteiger partial charge on any atom is 0.260 e. The van der Waals surface area contributed by atoms with Gasteiger partial charge < -0.3 is 5.32 Å². The van der Waals surface area contributed by atoms with Crippen molar-refractivity contribution >= 4 is 22.4 Å². The zero-order valence-corrected chi connectivity index (χ0v) is 16.0. The van der Waals surface area contributed by atoms with Gasteiger partial charge in [0.2, 0.25) is 0 Å². The second-order valence-electron chi connectivity index (χ2n) is 6.98. The fourth-order valence-electron chi connectivity index (χ4n) is 3.28. The summed E-state index contributed by atoms with van der Waals surface area (Å²) in [5.41, 5.74) is 1.64. The number of hydrogen-bond acceptors (Lipinski definition) is 5. The van der Waals surface area contributed by atoms with E-state index < -0.39 is 0 Å². The predicted octanol–water partition coefficient (Wildman–Crippen LogP) is 3.28. The quantitative estimate of drug-likeness (QED) is 0.828. The topological polar surface area (TPSA) is 71.8 Å². The Morgan fingerprint density at radius 3 is 2.84 bits per heavy atom. The highest BCUT2D eigenvalue weighted by Gasteiger charge is 2.20. The maximum absolute atomic E-state index is 12.7. The first kappa shape index (κ1) is 18.1. The van der Waals surface area contributed by atoms with Crippen LogP contribution in [0.25, 0.3) is 0 Å². The zero-order chi connectivity index (χ0) is 17.8. The second kappa shape index (κ2) is 8.10. The number of anilines is 1. The van der Waals surface area contributed by atoms with Crippen molar-refractivity contribution in [3.05, 3.63) is 28.5 Å². The van der Waals surface area contributed by atoms with E-state index >= 15 is 0 Å². The molecule has 7 heteroatoms. The number of carbonyl (C=O) groups is 1. The molecule has 2 aromatic heterocycles. The fraction of sp³-hybridized carbons (Fsp3) is 0.611. The van der Waals surface area contributed by atoms with Gasteiger partial charge in [0.15, 0.2) is 5.13 Å². The lowest BCUT2D eigenvalue weighted by Crippen LogP contribution is -2.26. The predicted molar refractivity (Wildman–Crippen MR) is 101 cm³/mol. The summed E-state index contributed by atoms with van der Waals surface area (Å²) in [6.07, 6.45) is 6.65. The molecule has 0 aliphatic carbocycles. The SMILES string of the molecule is CCc1c(C(=O)Nc2ncc(C3CCNCC3)s2)cnn1CC(C)C. The summed E-state index contributed by atoms with van der Waals surface area (Å²) in [6, 6.07) is 0. The van der Waals surface area contributed by atoms with E-state index in [2.05, 4.69) is 41.5 Å². The number of hydrogen-bond donors (Lipinski definition) is 2. The monoisotopic (exact) mass is 361 g/mol. The molecule has 2 aromatic rings. The summed E-state index contributed by atoms with van der Waals surface area (Å²) >= 11 is 1.60. The molecule has 0 saturated carbocycles. The van der Waals surface area contributed by atoms with Gasteiger partial charge >= 0.3 is 0 Å². The van der Waals surface area contributed by atoms with Crippen molar-refractivity contribution in [2.24, 2.45) is 5.92 Å². The molecule has 1 fully saturated rings. The van der Waals surface area contributed by atoms with E-state index in [1.165, 1.54) is 4.88 Å².